The minimum absolute atomic E-state index is 0.123. The topological polar surface area (TPSA) is 99.4 Å². The van der Waals surface area contributed by atoms with Crippen molar-refractivity contribution >= 4 is 22.7 Å². The van der Waals surface area contributed by atoms with E-state index in [1.165, 1.54) is 0 Å². The van der Waals surface area contributed by atoms with Gasteiger partial charge < -0.3 is 19.9 Å². The van der Waals surface area contributed by atoms with E-state index in [1.807, 2.05) is 32.0 Å². The molecule has 3 atom stereocenters. The summed E-state index contributed by atoms with van der Waals surface area (Å²) in [5.74, 6) is -0.258. The lowest BCUT2D eigenvalue weighted by molar-refractivity contribution is -0.127. The molecule has 0 radical (unpaired) electrons. The molecule has 1 saturated carbocycles. The number of aromatic nitrogens is 1. The van der Waals surface area contributed by atoms with Crippen molar-refractivity contribution in [1.82, 2.24) is 20.1 Å². The zero-order valence-electron chi connectivity index (χ0n) is 22.2. The third-order valence-corrected chi connectivity index (χ3v) is 7.61. The lowest BCUT2D eigenvalue weighted by atomic mass is 9.83. The maximum atomic E-state index is 13.2. The highest BCUT2D eigenvalue weighted by Gasteiger charge is 2.33. The molecular weight excluding hydrogens is 466 g/mol. The first-order valence-corrected chi connectivity index (χ1v) is 13.8. The van der Waals surface area contributed by atoms with Crippen molar-refractivity contribution < 1.29 is 14.3 Å². The maximum absolute atomic E-state index is 13.2. The highest BCUT2D eigenvalue weighted by atomic mass is 16.5. The molecule has 2 N–H and O–H groups in total. The summed E-state index contributed by atoms with van der Waals surface area (Å²) >= 11 is 0. The van der Waals surface area contributed by atoms with Crippen LogP contribution in [-0.4, -0.2) is 66.2 Å². The van der Waals surface area contributed by atoms with Crippen LogP contribution in [0.25, 0.3) is 10.9 Å². The van der Waals surface area contributed by atoms with Crippen molar-refractivity contribution in [3.8, 4) is 6.07 Å². The fourth-order valence-corrected chi connectivity index (χ4v) is 5.59. The van der Waals surface area contributed by atoms with Crippen molar-refractivity contribution in [2.75, 3.05) is 32.8 Å². The Kier molecular flexibility index (Phi) is 9.59. The van der Waals surface area contributed by atoms with Crippen molar-refractivity contribution in [3.63, 3.8) is 0 Å². The molecule has 2 aliphatic rings. The first kappa shape index (κ1) is 27.2. The van der Waals surface area contributed by atoms with E-state index in [1.54, 1.807) is 0 Å². The molecule has 2 amide bonds. The number of ether oxygens (including phenoxy) is 1. The van der Waals surface area contributed by atoms with Gasteiger partial charge in [0.15, 0.2) is 0 Å². The number of hydrogen-bond donors (Lipinski definition) is 2. The van der Waals surface area contributed by atoms with Crippen molar-refractivity contribution in [2.24, 2.45) is 11.8 Å². The van der Waals surface area contributed by atoms with Gasteiger partial charge in [0.2, 0.25) is 5.91 Å². The molecular formula is C29H41N5O3. The molecule has 4 rings (SSSR count). The summed E-state index contributed by atoms with van der Waals surface area (Å²) in [5, 5.41) is 16.5. The van der Waals surface area contributed by atoms with E-state index in [0.29, 0.717) is 17.9 Å². The van der Waals surface area contributed by atoms with Crippen LogP contribution in [0.2, 0.25) is 0 Å². The van der Waals surface area contributed by atoms with Crippen LogP contribution < -0.4 is 10.6 Å². The van der Waals surface area contributed by atoms with E-state index in [-0.39, 0.29) is 23.8 Å². The Morgan fingerprint density at radius 2 is 1.92 bits per heavy atom. The van der Waals surface area contributed by atoms with Gasteiger partial charge in [0, 0.05) is 54.9 Å². The van der Waals surface area contributed by atoms with Crippen LogP contribution in [-0.2, 0) is 16.1 Å². The number of carbonyl (C=O) groups is 2. The average molecular weight is 508 g/mol. The summed E-state index contributed by atoms with van der Waals surface area (Å²) in [7, 11) is 0. The van der Waals surface area contributed by atoms with E-state index in [0.717, 1.165) is 82.4 Å². The quantitative estimate of drug-likeness (QED) is 0.511. The number of benzene rings is 1. The van der Waals surface area contributed by atoms with Gasteiger partial charge in [-0.15, -0.1) is 0 Å². The normalized spacial score (nSPS) is 21.5. The lowest BCUT2D eigenvalue weighted by Crippen LogP contribution is -2.50. The van der Waals surface area contributed by atoms with Crippen LogP contribution in [0.1, 0.15) is 62.7 Å². The van der Waals surface area contributed by atoms with E-state index in [2.05, 4.69) is 38.4 Å². The van der Waals surface area contributed by atoms with Crippen molar-refractivity contribution in [3.05, 3.63) is 36.0 Å². The molecule has 8 heteroatoms. The number of aryl methyl sites for hydroxylation is 1. The van der Waals surface area contributed by atoms with Gasteiger partial charge in [0.1, 0.15) is 6.04 Å². The minimum Gasteiger partial charge on any atom is -0.379 e. The zero-order valence-corrected chi connectivity index (χ0v) is 22.2. The Morgan fingerprint density at radius 1 is 1.14 bits per heavy atom. The van der Waals surface area contributed by atoms with Crippen LogP contribution in [0.4, 0.5) is 0 Å². The molecule has 2 aromatic rings. The number of carbonyl (C=O) groups excluding carboxylic acids is 2. The van der Waals surface area contributed by atoms with Crippen LogP contribution >= 0.6 is 0 Å². The molecule has 3 unspecified atom stereocenters. The summed E-state index contributed by atoms with van der Waals surface area (Å²) in [4.78, 5) is 28.6. The molecule has 0 bridgehead atoms. The van der Waals surface area contributed by atoms with E-state index < -0.39 is 6.04 Å². The van der Waals surface area contributed by atoms with Gasteiger partial charge in [-0.2, -0.15) is 5.26 Å². The standard InChI is InChI=1S/C29H41N5O3/c1-21(2)18-24(20-30)31-29(36)25-6-3-4-7-26(25)32-28(35)23-8-9-27-22(19-23)10-13-34(27)12-5-11-33-14-16-37-17-15-33/h8-10,13,19,21,24-26H,3-7,11-12,14-18H2,1-2H3,(H,31,36)(H,32,35). The Bertz CT molecular complexity index is 1100. The van der Waals surface area contributed by atoms with Crippen LogP contribution in [0.15, 0.2) is 30.5 Å². The van der Waals surface area contributed by atoms with Gasteiger partial charge in [-0.25, -0.2) is 0 Å². The molecule has 1 aliphatic heterocycles. The van der Waals surface area contributed by atoms with Gasteiger partial charge in [0.05, 0.1) is 25.2 Å². The number of nitrogens with zero attached hydrogens (tertiary/aromatic N) is 3. The third-order valence-electron chi connectivity index (χ3n) is 7.61. The Morgan fingerprint density at radius 3 is 2.68 bits per heavy atom. The summed E-state index contributed by atoms with van der Waals surface area (Å²) in [5.41, 5.74) is 1.74. The number of hydrogen-bond acceptors (Lipinski definition) is 5. The van der Waals surface area contributed by atoms with Gasteiger partial charge >= 0.3 is 0 Å². The van der Waals surface area contributed by atoms with Crippen LogP contribution in [0, 0.1) is 23.2 Å². The highest BCUT2D eigenvalue weighted by Crippen LogP contribution is 2.26. The summed E-state index contributed by atoms with van der Waals surface area (Å²) in [6.07, 6.45) is 7.22. The summed E-state index contributed by atoms with van der Waals surface area (Å²) in [6.45, 7) is 9.73. The van der Waals surface area contributed by atoms with Gasteiger partial charge in [-0.3, -0.25) is 14.5 Å². The number of fused-ring (bicyclic) bond motifs is 1. The Balaban J connectivity index is 1.35. The third kappa shape index (κ3) is 7.33. The second-order valence-corrected chi connectivity index (χ2v) is 10.9. The molecule has 8 nitrogen and oxygen atoms in total. The van der Waals surface area contributed by atoms with Gasteiger partial charge in [-0.1, -0.05) is 26.7 Å². The summed E-state index contributed by atoms with van der Waals surface area (Å²) < 4.78 is 7.68. The molecule has 2 heterocycles. The van der Waals surface area contributed by atoms with Gasteiger partial charge in [-0.05, 0) is 55.9 Å². The lowest BCUT2D eigenvalue weighted by Gasteiger charge is -2.32. The van der Waals surface area contributed by atoms with Gasteiger partial charge in [0.25, 0.3) is 5.91 Å². The fraction of sp³-hybridized carbons (Fsp3) is 0.621. The molecule has 0 spiro atoms. The molecule has 200 valence electrons. The molecule has 1 aliphatic carbocycles. The molecule has 37 heavy (non-hydrogen) atoms. The van der Waals surface area contributed by atoms with Crippen molar-refractivity contribution in [2.45, 2.75) is 71.0 Å². The Hall–Kier alpha value is -2.89. The maximum Gasteiger partial charge on any atom is 0.251 e. The Labute approximate surface area is 220 Å². The molecule has 2 fully saturated rings. The number of rotatable bonds is 10. The molecule has 1 aromatic heterocycles. The minimum atomic E-state index is -0.494. The van der Waals surface area contributed by atoms with E-state index >= 15 is 0 Å². The highest BCUT2D eigenvalue weighted by molar-refractivity contribution is 5.98. The smallest absolute Gasteiger partial charge is 0.251 e. The molecule has 1 saturated heterocycles. The SMILES string of the molecule is CC(C)CC(C#N)NC(=O)C1CCCCC1NC(=O)c1ccc2c(ccn2CCCN2CCOCC2)c1. The first-order chi connectivity index (χ1) is 17.9. The number of nitriles is 1. The second kappa shape index (κ2) is 13.1. The number of amides is 2. The summed E-state index contributed by atoms with van der Waals surface area (Å²) in [6, 6.07) is 9.39. The number of nitrogens with one attached hydrogen (secondary N) is 2. The van der Waals surface area contributed by atoms with Crippen LogP contribution in [0.5, 0.6) is 0 Å². The molecule has 1 aromatic carbocycles. The first-order valence-electron chi connectivity index (χ1n) is 13.8. The van der Waals surface area contributed by atoms with Crippen LogP contribution in [0.3, 0.4) is 0 Å². The van der Waals surface area contributed by atoms with Crippen molar-refractivity contribution in [1.29, 1.82) is 5.26 Å². The fourth-order valence-electron chi connectivity index (χ4n) is 5.59. The second-order valence-electron chi connectivity index (χ2n) is 10.9. The zero-order chi connectivity index (χ0) is 26.2. The average Bonchev–Trinajstić information content (AvgIpc) is 3.31. The van der Waals surface area contributed by atoms with E-state index in [9.17, 15) is 14.9 Å². The largest absolute Gasteiger partial charge is 0.379 e. The predicted octanol–water partition coefficient (Wildman–Crippen LogP) is 3.71. The van der Waals surface area contributed by atoms with E-state index in [4.69, 9.17) is 4.74 Å². The predicted molar refractivity (Wildman–Crippen MR) is 144 cm³/mol. The number of morpholine rings is 1. The monoisotopic (exact) mass is 507 g/mol.